The molecular formula is C19H17N3O. The summed E-state index contributed by atoms with van der Waals surface area (Å²) >= 11 is 0. The Labute approximate surface area is 134 Å². The number of aliphatic hydroxyl groups is 1. The van der Waals surface area contributed by atoms with E-state index in [9.17, 15) is 5.11 Å². The van der Waals surface area contributed by atoms with E-state index >= 15 is 0 Å². The molecule has 1 N–H and O–H groups in total. The third-order valence-corrected chi connectivity index (χ3v) is 5.27. The van der Waals surface area contributed by atoms with E-state index in [1.165, 1.54) is 16.7 Å². The van der Waals surface area contributed by atoms with Gasteiger partial charge in [0.25, 0.3) is 0 Å². The minimum absolute atomic E-state index is 0.116. The topological polar surface area (TPSA) is 50.9 Å². The number of fused-ring (bicyclic) bond motifs is 4. The molecule has 0 radical (unpaired) electrons. The zero-order chi connectivity index (χ0) is 15.6. The van der Waals surface area contributed by atoms with Crippen LogP contribution in [0.3, 0.4) is 0 Å². The molecule has 23 heavy (non-hydrogen) atoms. The number of hydrogen-bond acceptors (Lipinski definition) is 3. The average molecular weight is 303 g/mol. The monoisotopic (exact) mass is 303 g/mol. The average Bonchev–Trinajstić information content (AvgIpc) is 3.21. The first-order valence-corrected chi connectivity index (χ1v) is 7.98. The summed E-state index contributed by atoms with van der Waals surface area (Å²) in [5, 5.41) is 10.9. The fourth-order valence-electron chi connectivity index (χ4n) is 4.26. The smallest absolute Gasteiger partial charge is 0.0956 e. The van der Waals surface area contributed by atoms with E-state index in [0.717, 1.165) is 23.4 Å². The highest BCUT2D eigenvalue weighted by molar-refractivity contribution is 5.69. The van der Waals surface area contributed by atoms with Crippen molar-refractivity contribution in [3.8, 4) is 11.3 Å². The predicted octanol–water partition coefficient (Wildman–Crippen LogP) is 3.06. The van der Waals surface area contributed by atoms with Crippen LogP contribution in [0.25, 0.3) is 11.3 Å². The van der Waals surface area contributed by atoms with E-state index in [-0.39, 0.29) is 12.0 Å². The van der Waals surface area contributed by atoms with Crippen LogP contribution in [-0.4, -0.2) is 19.6 Å². The lowest BCUT2D eigenvalue weighted by Crippen LogP contribution is -2.21. The summed E-state index contributed by atoms with van der Waals surface area (Å²) in [7, 11) is 0. The van der Waals surface area contributed by atoms with Gasteiger partial charge in [0.2, 0.25) is 0 Å². The molecule has 2 aromatic heterocycles. The zero-order valence-electron chi connectivity index (χ0n) is 12.8. The van der Waals surface area contributed by atoms with Crippen molar-refractivity contribution in [2.45, 2.75) is 25.5 Å². The summed E-state index contributed by atoms with van der Waals surface area (Å²) in [4.78, 5) is 8.68. The molecule has 0 saturated heterocycles. The first-order chi connectivity index (χ1) is 11.2. The van der Waals surface area contributed by atoms with Crippen LogP contribution in [0.4, 0.5) is 0 Å². The van der Waals surface area contributed by atoms with Crippen molar-refractivity contribution in [1.29, 1.82) is 0 Å². The van der Waals surface area contributed by atoms with Gasteiger partial charge in [0.15, 0.2) is 0 Å². The molecule has 1 aliphatic heterocycles. The van der Waals surface area contributed by atoms with Crippen LogP contribution in [0.1, 0.15) is 34.5 Å². The molecule has 0 amide bonds. The highest BCUT2D eigenvalue weighted by Gasteiger charge is 2.42. The molecule has 1 aliphatic carbocycles. The number of imidazole rings is 1. The molecular weight excluding hydrogens is 286 g/mol. The van der Waals surface area contributed by atoms with Crippen LogP contribution in [0, 0.1) is 12.8 Å². The van der Waals surface area contributed by atoms with Gasteiger partial charge in [-0.15, -0.1) is 0 Å². The van der Waals surface area contributed by atoms with Gasteiger partial charge in [-0.2, -0.15) is 0 Å². The largest absolute Gasteiger partial charge is 0.388 e. The standard InChI is InChI=1S/C19H17N3O/c1-11-6-12-7-15(19(23)16(12)8-21-11)18-14-5-3-2-4-13(14)17-9-20-10-22(17)18/h2-6,8-10,15,18-19,23H,7H2,1H3/t15-,18?,19-/m0/s1. The highest BCUT2D eigenvalue weighted by atomic mass is 16.3. The molecule has 1 aromatic carbocycles. The van der Waals surface area contributed by atoms with Gasteiger partial charge >= 0.3 is 0 Å². The number of aliphatic hydroxyl groups excluding tert-OH is 1. The number of hydrogen-bond donors (Lipinski definition) is 1. The Hall–Kier alpha value is -2.46. The van der Waals surface area contributed by atoms with Crippen molar-refractivity contribution >= 4 is 0 Å². The Morgan fingerprint density at radius 3 is 2.96 bits per heavy atom. The second-order valence-corrected chi connectivity index (χ2v) is 6.56. The minimum Gasteiger partial charge on any atom is -0.388 e. The molecule has 0 saturated carbocycles. The fourth-order valence-corrected chi connectivity index (χ4v) is 4.26. The van der Waals surface area contributed by atoms with Crippen LogP contribution in [0.5, 0.6) is 0 Å². The fraction of sp³-hybridized carbons (Fsp3) is 0.263. The lowest BCUT2D eigenvalue weighted by molar-refractivity contribution is 0.101. The van der Waals surface area contributed by atoms with Crippen molar-refractivity contribution in [1.82, 2.24) is 14.5 Å². The first kappa shape index (κ1) is 13.0. The van der Waals surface area contributed by atoms with Crippen molar-refractivity contribution in [2.24, 2.45) is 5.92 Å². The highest BCUT2D eigenvalue weighted by Crippen LogP contribution is 2.50. The van der Waals surface area contributed by atoms with E-state index in [0.29, 0.717) is 0 Å². The molecule has 0 bridgehead atoms. The van der Waals surface area contributed by atoms with Gasteiger partial charge in [-0.1, -0.05) is 24.3 Å². The molecule has 0 spiro atoms. The van der Waals surface area contributed by atoms with E-state index in [1.54, 1.807) is 0 Å². The van der Waals surface area contributed by atoms with Gasteiger partial charge in [0.1, 0.15) is 0 Å². The maximum atomic E-state index is 10.9. The van der Waals surface area contributed by atoms with Crippen LogP contribution in [0.15, 0.2) is 49.1 Å². The SMILES string of the molecule is Cc1cc2c(cn1)[C@@H](O)[C@H](C1c3ccccc3-c3cncn31)C2. The third-order valence-electron chi connectivity index (χ3n) is 5.27. The van der Waals surface area contributed by atoms with Gasteiger partial charge in [-0.05, 0) is 30.5 Å². The number of nitrogens with zero attached hydrogens (tertiary/aromatic N) is 3. The third kappa shape index (κ3) is 1.70. The van der Waals surface area contributed by atoms with Gasteiger partial charge < -0.3 is 9.67 Å². The van der Waals surface area contributed by atoms with Crippen molar-refractivity contribution < 1.29 is 5.11 Å². The van der Waals surface area contributed by atoms with Crippen LogP contribution >= 0.6 is 0 Å². The Kier molecular flexibility index (Phi) is 2.56. The van der Waals surface area contributed by atoms with Crippen molar-refractivity contribution in [3.05, 3.63) is 71.4 Å². The lowest BCUT2D eigenvalue weighted by atomic mass is 9.88. The summed E-state index contributed by atoms with van der Waals surface area (Å²) in [6.07, 6.45) is 6.03. The van der Waals surface area contributed by atoms with Crippen molar-refractivity contribution in [3.63, 3.8) is 0 Å². The first-order valence-electron chi connectivity index (χ1n) is 7.98. The summed E-state index contributed by atoms with van der Waals surface area (Å²) < 4.78 is 2.21. The maximum absolute atomic E-state index is 10.9. The molecule has 5 rings (SSSR count). The van der Waals surface area contributed by atoms with Gasteiger partial charge in [0, 0.05) is 28.9 Å². The molecule has 4 heteroatoms. The van der Waals surface area contributed by atoms with Crippen LogP contribution in [-0.2, 0) is 6.42 Å². The maximum Gasteiger partial charge on any atom is 0.0956 e. The number of rotatable bonds is 1. The Balaban J connectivity index is 1.64. The summed E-state index contributed by atoms with van der Waals surface area (Å²) in [5.41, 5.74) is 6.86. The molecule has 0 fully saturated rings. The predicted molar refractivity (Wildman–Crippen MR) is 86.9 cm³/mol. The minimum atomic E-state index is -0.482. The molecule has 2 aliphatic rings. The van der Waals surface area contributed by atoms with Gasteiger partial charge in [-0.25, -0.2) is 4.98 Å². The summed E-state index contributed by atoms with van der Waals surface area (Å²) in [6, 6.07) is 10.7. The number of aromatic nitrogens is 3. The molecule has 114 valence electrons. The quantitative estimate of drug-likeness (QED) is 0.751. The van der Waals surface area contributed by atoms with Gasteiger partial charge in [0.05, 0.1) is 30.4 Å². The van der Waals surface area contributed by atoms with E-state index in [1.807, 2.05) is 25.6 Å². The Bertz CT molecular complexity index is 914. The zero-order valence-corrected chi connectivity index (χ0v) is 12.8. The Morgan fingerprint density at radius 2 is 2.04 bits per heavy atom. The second-order valence-electron chi connectivity index (χ2n) is 6.56. The van der Waals surface area contributed by atoms with E-state index in [4.69, 9.17) is 0 Å². The van der Waals surface area contributed by atoms with E-state index < -0.39 is 6.10 Å². The van der Waals surface area contributed by atoms with E-state index in [2.05, 4.69) is 44.9 Å². The van der Waals surface area contributed by atoms with Gasteiger partial charge in [-0.3, -0.25) is 4.98 Å². The number of benzene rings is 1. The number of pyridine rings is 1. The normalized spacial score (nSPS) is 24.3. The lowest BCUT2D eigenvalue weighted by Gasteiger charge is -2.25. The molecule has 1 unspecified atom stereocenters. The summed E-state index contributed by atoms with van der Waals surface area (Å²) in [6.45, 7) is 2.00. The molecule has 3 aromatic rings. The number of aryl methyl sites for hydroxylation is 1. The molecule has 3 atom stereocenters. The summed E-state index contributed by atoms with van der Waals surface area (Å²) in [5.74, 6) is 0.116. The molecule has 3 heterocycles. The van der Waals surface area contributed by atoms with Crippen LogP contribution in [0.2, 0.25) is 0 Å². The second kappa shape index (κ2) is 4.52. The van der Waals surface area contributed by atoms with Crippen LogP contribution < -0.4 is 0 Å². The molecule has 4 nitrogen and oxygen atoms in total. The van der Waals surface area contributed by atoms with Crippen molar-refractivity contribution in [2.75, 3.05) is 0 Å². The Morgan fingerprint density at radius 1 is 1.17 bits per heavy atom.